The van der Waals surface area contributed by atoms with E-state index in [4.69, 9.17) is 10.8 Å². The van der Waals surface area contributed by atoms with E-state index in [9.17, 15) is 14.4 Å². The summed E-state index contributed by atoms with van der Waals surface area (Å²) in [5.41, 5.74) is 5.58. The molecule has 1 amide bonds. The van der Waals surface area contributed by atoms with Crippen LogP contribution in [0.3, 0.4) is 0 Å². The van der Waals surface area contributed by atoms with Crippen LogP contribution in [0.4, 0.5) is 0 Å². The number of nitrogens with one attached hydrogen (secondary N) is 1. The molecule has 19 heavy (non-hydrogen) atoms. The largest absolute Gasteiger partial charge is 0.480 e. The minimum absolute atomic E-state index is 0.0468. The molecule has 102 valence electrons. The predicted molar refractivity (Wildman–Crippen MR) is 71.9 cm³/mol. The topological polar surface area (TPSA) is 109 Å². The molecule has 0 aliphatic rings. The van der Waals surface area contributed by atoms with E-state index in [0.717, 1.165) is 11.8 Å². The molecule has 0 saturated heterocycles. The number of benzene rings is 1. The van der Waals surface area contributed by atoms with Crippen LogP contribution < -0.4 is 11.1 Å². The molecule has 1 aromatic rings. The lowest BCUT2D eigenvalue weighted by Crippen LogP contribution is -2.45. The first kappa shape index (κ1) is 15.2. The average Bonchev–Trinajstić information content (AvgIpc) is 2.43. The monoisotopic (exact) mass is 282 g/mol. The van der Waals surface area contributed by atoms with Crippen molar-refractivity contribution in [3.63, 3.8) is 0 Å². The zero-order chi connectivity index (χ0) is 14.3. The predicted octanol–water partition coefficient (Wildman–Crippen LogP) is 0.0881. The van der Waals surface area contributed by atoms with Crippen molar-refractivity contribution in [3.8, 4) is 0 Å². The zero-order valence-corrected chi connectivity index (χ0v) is 10.9. The molecule has 0 bridgehead atoms. The Labute approximate surface area is 114 Å². The first-order valence-electron chi connectivity index (χ1n) is 5.49. The van der Waals surface area contributed by atoms with Gasteiger partial charge in [-0.1, -0.05) is 42.1 Å². The van der Waals surface area contributed by atoms with Crippen molar-refractivity contribution in [1.29, 1.82) is 0 Å². The summed E-state index contributed by atoms with van der Waals surface area (Å²) in [6, 6.07) is 7.38. The fourth-order valence-electron chi connectivity index (χ4n) is 1.24. The maximum atomic E-state index is 11.8. The Morgan fingerprint density at radius 2 is 1.89 bits per heavy atom. The summed E-state index contributed by atoms with van der Waals surface area (Å²) in [7, 11) is 0. The van der Waals surface area contributed by atoms with Crippen LogP contribution in [0.15, 0.2) is 30.3 Å². The molecule has 0 fully saturated rings. The summed E-state index contributed by atoms with van der Waals surface area (Å²) >= 11 is 0.843. The summed E-state index contributed by atoms with van der Waals surface area (Å²) in [4.78, 5) is 33.7. The van der Waals surface area contributed by atoms with Gasteiger partial charge in [-0.15, -0.1) is 0 Å². The fourth-order valence-corrected chi connectivity index (χ4v) is 2.09. The van der Waals surface area contributed by atoms with Crippen LogP contribution in [0.1, 0.15) is 10.4 Å². The van der Waals surface area contributed by atoms with Gasteiger partial charge < -0.3 is 16.2 Å². The first-order chi connectivity index (χ1) is 9.04. The lowest BCUT2D eigenvalue weighted by molar-refractivity contribution is -0.140. The van der Waals surface area contributed by atoms with Gasteiger partial charge in [-0.05, 0) is 0 Å². The van der Waals surface area contributed by atoms with E-state index in [1.807, 2.05) is 0 Å². The van der Waals surface area contributed by atoms with Crippen molar-refractivity contribution >= 4 is 28.8 Å². The molecule has 0 heterocycles. The fraction of sp³-hybridized carbons (Fsp3) is 0.250. The highest BCUT2D eigenvalue weighted by Crippen LogP contribution is 2.13. The third kappa shape index (κ3) is 5.11. The van der Waals surface area contributed by atoms with Gasteiger partial charge >= 0.3 is 5.97 Å². The average molecular weight is 282 g/mol. The van der Waals surface area contributed by atoms with Gasteiger partial charge in [0.25, 0.3) is 0 Å². The van der Waals surface area contributed by atoms with E-state index < -0.39 is 17.9 Å². The van der Waals surface area contributed by atoms with Gasteiger partial charge in [-0.25, -0.2) is 4.79 Å². The Kier molecular flexibility index (Phi) is 6.04. The summed E-state index contributed by atoms with van der Waals surface area (Å²) in [5.74, 6) is -1.82. The van der Waals surface area contributed by atoms with Gasteiger partial charge in [0.2, 0.25) is 11.0 Å². The highest BCUT2D eigenvalue weighted by Gasteiger charge is 2.21. The minimum Gasteiger partial charge on any atom is -0.480 e. The van der Waals surface area contributed by atoms with Gasteiger partial charge in [-0.3, -0.25) is 9.59 Å². The van der Waals surface area contributed by atoms with E-state index >= 15 is 0 Å². The molecule has 0 saturated carbocycles. The maximum Gasteiger partial charge on any atom is 0.327 e. The molecular formula is C12H14N2O4S. The number of carboxylic acids is 1. The van der Waals surface area contributed by atoms with Crippen molar-refractivity contribution < 1.29 is 19.5 Å². The molecule has 0 aliphatic carbocycles. The smallest absolute Gasteiger partial charge is 0.327 e. The number of carbonyl (C=O) groups is 3. The lowest BCUT2D eigenvalue weighted by atomic mass is 10.2. The number of amides is 1. The quantitative estimate of drug-likeness (QED) is 0.682. The molecule has 4 N–H and O–H groups in total. The number of rotatable bonds is 6. The number of nitrogens with two attached hydrogens (primary N) is 1. The van der Waals surface area contributed by atoms with Gasteiger partial charge in [0.05, 0.1) is 6.54 Å². The number of thioether (sulfide) groups is 1. The first-order valence-corrected chi connectivity index (χ1v) is 6.47. The van der Waals surface area contributed by atoms with Crippen LogP contribution in [-0.2, 0) is 9.59 Å². The number of carboxylic acid groups (broad SMARTS) is 1. The van der Waals surface area contributed by atoms with Crippen LogP contribution in [0.2, 0.25) is 0 Å². The molecular weight excluding hydrogens is 268 g/mol. The van der Waals surface area contributed by atoms with Crippen LogP contribution >= 0.6 is 11.8 Å². The zero-order valence-electron chi connectivity index (χ0n) is 10.0. The van der Waals surface area contributed by atoms with E-state index in [1.54, 1.807) is 30.3 Å². The number of hydrogen-bond donors (Lipinski definition) is 3. The highest BCUT2D eigenvalue weighted by atomic mass is 32.2. The number of aliphatic carboxylic acids is 1. The van der Waals surface area contributed by atoms with Gasteiger partial charge in [-0.2, -0.15) is 0 Å². The molecule has 1 aromatic carbocycles. The van der Waals surface area contributed by atoms with E-state index in [2.05, 4.69) is 5.32 Å². The van der Waals surface area contributed by atoms with Crippen LogP contribution in [0.5, 0.6) is 0 Å². The molecule has 1 unspecified atom stereocenters. The molecule has 0 aromatic heterocycles. The van der Waals surface area contributed by atoms with Gasteiger partial charge in [0.1, 0.15) is 6.04 Å². The Balaban J connectivity index is 2.55. The van der Waals surface area contributed by atoms with Crippen LogP contribution in [0, 0.1) is 0 Å². The number of carbonyl (C=O) groups excluding carboxylic acids is 2. The second-order valence-electron chi connectivity index (χ2n) is 3.63. The van der Waals surface area contributed by atoms with Gasteiger partial charge in [0, 0.05) is 11.3 Å². The van der Waals surface area contributed by atoms with Crippen molar-refractivity contribution in [2.75, 3.05) is 12.3 Å². The van der Waals surface area contributed by atoms with Crippen molar-refractivity contribution in [2.45, 2.75) is 6.04 Å². The summed E-state index contributed by atoms with van der Waals surface area (Å²) in [6.07, 6.45) is 0. The minimum atomic E-state index is -1.20. The summed E-state index contributed by atoms with van der Waals surface area (Å²) in [6.45, 7) is -0.291. The van der Waals surface area contributed by atoms with E-state index in [-0.39, 0.29) is 17.4 Å². The second kappa shape index (κ2) is 7.55. The Bertz CT molecular complexity index is 464. The molecule has 0 radical (unpaired) electrons. The normalized spacial score (nSPS) is 11.6. The number of hydrogen-bond acceptors (Lipinski definition) is 5. The second-order valence-corrected chi connectivity index (χ2v) is 4.62. The Morgan fingerprint density at radius 3 is 2.42 bits per heavy atom. The van der Waals surface area contributed by atoms with Crippen molar-refractivity contribution in [3.05, 3.63) is 35.9 Å². The molecule has 1 rings (SSSR count). The summed E-state index contributed by atoms with van der Waals surface area (Å²) < 4.78 is 0. The van der Waals surface area contributed by atoms with Crippen molar-refractivity contribution in [1.82, 2.24) is 5.32 Å². The molecule has 0 spiro atoms. The third-order valence-corrected chi connectivity index (χ3v) is 3.21. The Morgan fingerprint density at radius 1 is 1.26 bits per heavy atom. The Hall–Kier alpha value is -1.86. The molecule has 1 atom stereocenters. The summed E-state index contributed by atoms with van der Waals surface area (Å²) in [5, 5.41) is 10.9. The standard InChI is InChI=1S/C12H14N2O4S/c13-6-10(15)14-9(11(16)17)7-19-12(18)8-4-2-1-3-5-8/h1-5,9H,6-7,13H2,(H,14,15)(H,16,17). The SMILES string of the molecule is NCC(=O)NC(CSC(=O)c1ccccc1)C(=O)O. The van der Waals surface area contributed by atoms with Gasteiger partial charge in [0.15, 0.2) is 0 Å². The van der Waals surface area contributed by atoms with E-state index in [1.165, 1.54) is 0 Å². The lowest BCUT2D eigenvalue weighted by Gasteiger charge is -2.12. The molecule has 7 heteroatoms. The molecule has 0 aliphatic heterocycles. The van der Waals surface area contributed by atoms with Crippen LogP contribution in [-0.4, -0.2) is 40.4 Å². The van der Waals surface area contributed by atoms with Crippen LogP contribution in [0.25, 0.3) is 0 Å². The maximum absolute atomic E-state index is 11.8. The van der Waals surface area contributed by atoms with Crippen molar-refractivity contribution in [2.24, 2.45) is 5.73 Å². The third-order valence-electron chi connectivity index (χ3n) is 2.21. The highest BCUT2D eigenvalue weighted by molar-refractivity contribution is 8.14. The molecule has 6 nitrogen and oxygen atoms in total. The van der Waals surface area contributed by atoms with E-state index in [0.29, 0.717) is 5.56 Å².